The van der Waals surface area contributed by atoms with E-state index >= 15 is 0 Å². The van der Waals surface area contributed by atoms with Crippen molar-refractivity contribution in [2.75, 3.05) is 0 Å². The lowest BCUT2D eigenvalue weighted by atomic mass is 9.70. The van der Waals surface area contributed by atoms with Crippen molar-refractivity contribution in [3.63, 3.8) is 0 Å². The number of nitrogens with zero attached hydrogens (tertiary/aromatic N) is 1. The first-order valence-electron chi connectivity index (χ1n) is 7.70. The van der Waals surface area contributed by atoms with Gasteiger partial charge in [-0.3, -0.25) is 0 Å². The van der Waals surface area contributed by atoms with Crippen LogP contribution in [0.4, 0.5) is 0 Å². The minimum absolute atomic E-state index is 0.0746. The molecule has 2 bridgehead atoms. The Bertz CT molecular complexity index is 600. The summed E-state index contributed by atoms with van der Waals surface area (Å²) in [6, 6.07) is 7.38. The molecule has 1 aromatic rings. The molecule has 3 heteroatoms. The Morgan fingerprint density at radius 3 is 2.43 bits per heavy atom. The summed E-state index contributed by atoms with van der Waals surface area (Å²) in [6.07, 6.45) is 3.37. The molecule has 0 heterocycles. The second kappa shape index (κ2) is 4.69. The number of hydrogen-bond acceptors (Lipinski definition) is 3. The van der Waals surface area contributed by atoms with Crippen molar-refractivity contribution >= 4 is 11.7 Å². The monoisotopic (exact) mass is 285 g/mol. The van der Waals surface area contributed by atoms with Crippen molar-refractivity contribution in [1.82, 2.24) is 0 Å². The van der Waals surface area contributed by atoms with Gasteiger partial charge in [0.2, 0.25) is 0 Å². The van der Waals surface area contributed by atoms with Gasteiger partial charge in [0.15, 0.2) is 0 Å². The second-order valence-electron chi connectivity index (χ2n) is 7.28. The average molecular weight is 285 g/mol. The number of aryl methyl sites for hydroxylation is 1. The van der Waals surface area contributed by atoms with Gasteiger partial charge in [-0.25, -0.2) is 4.79 Å². The van der Waals surface area contributed by atoms with Crippen LogP contribution in [0.25, 0.3) is 0 Å². The Balaban J connectivity index is 1.76. The Labute approximate surface area is 126 Å². The molecule has 2 unspecified atom stereocenters. The number of oxime groups is 1. The molecule has 2 fully saturated rings. The molecule has 0 spiro atoms. The predicted octanol–water partition coefficient (Wildman–Crippen LogP) is 4.35. The molecule has 2 saturated carbocycles. The van der Waals surface area contributed by atoms with Gasteiger partial charge in [-0.15, -0.1) is 0 Å². The molecule has 0 radical (unpaired) electrons. The van der Waals surface area contributed by atoms with Crippen LogP contribution < -0.4 is 0 Å². The standard InChI is InChI=1S/C18H23NO2/c1-12-5-7-13(8-6-12)16(20)21-19-15-11-14-9-10-18(15,4)17(14,2)3/h5-8,14H,9-11H2,1-4H3. The van der Waals surface area contributed by atoms with E-state index in [-0.39, 0.29) is 16.8 Å². The first-order valence-corrected chi connectivity index (χ1v) is 7.70. The smallest absolute Gasteiger partial charge is 0.313 e. The number of benzene rings is 1. The lowest BCUT2D eigenvalue weighted by Crippen LogP contribution is -2.32. The van der Waals surface area contributed by atoms with Crippen molar-refractivity contribution < 1.29 is 9.63 Å². The predicted molar refractivity (Wildman–Crippen MR) is 83.3 cm³/mol. The van der Waals surface area contributed by atoms with Gasteiger partial charge in [0, 0.05) is 5.41 Å². The largest absolute Gasteiger partial charge is 0.365 e. The van der Waals surface area contributed by atoms with E-state index in [1.165, 1.54) is 6.42 Å². The van der Waals surface area contributed by atoms with Crippen LogP contribution in [-0.4, -0.2) is 11.7 Å². The molecule has 2 aliphatic rings. The minimum Gasteiger partial charge on any atom is -0.313 e. The third kappa shape index (κ3) is 2.10. The van der Waals surface area contributed by atoms with E-state index in [1.807, 2.05) is 19.1 Å². The van der Waals surface area contributed by atoms with E-state index < -0.39 is 0 Å². The van der Waals surface area contributed by atoms with Crippen LogP contribution in [0.3, 0.4) is 0 Å². The minimum atomic E-state index is -0.369. The zero-order valence-electron chi connectivity index (χ0n) is 13.3. The van der Waals surface area contributed by atoms with E-state index in [9.17, 15) is 4.79 Å². The van der Waals surface area contributed by atoms with Gasteiger partial charge in [0.25, 0.3) is 0 Å². The van der Waals surface area contributed by atoms with Gasteiger partial charge in [-0.1, -0.05) is 43.6 Å². The molecule has 112 valence electrons. The summed E-state index contributed by atoms with van der Waals surface area (Å²) >= 11 is 0. The molecule has 0 N–H and O–H groups in total. The summed E-state index contributed by atoms with van der Waals surface area (Å²) in [6.45, 7) is 8.88. The van der Waals surface area contributed by atoms with Crippen LogP contribution >= 0.6 is 0 Å². The molecule has 0 aromatic heterocycles. The fraction of sp³-hybridized carbons (Fsp3) is 0.556. The highest BCUT2D eigenvalue weighted by Gasteiger charge is 2.60. The fourth-order valence-corrected chi connectivity index (χ4v) is 3.91. The van der Waals surface area contributed by atoms with Crippen molar-refractivity contribution in [3.05, 3.63) is 35.4 Å². The van der Waals surface area contributed by atoms with Crippen LogP contribution in [0.15, 0.2) is 29.4 Å². The first kappa shape index (κ1) is 14.3. The Hall–Kier alpha value is -1.64. The number of hydrogen-bond donors (Lipinski definition) is 0. The topological polar surface area (TPSA) is 38.7 Å². The fourth-order valence-electron chi connectivity index (χ4n) is 3.91. The van der Waals surface area contributed by atoms with E-state index in [0.29, 0.717) is 11.5 Å². The van der Waals surface area contributed by atoms with Gasteiger partial charge in [0.1, 0.15) is 0 Å². The summed E-state index contributed by atoms with van der Waals surface area (Å²) in [5.41, 5.74) is 3.06. The highest BCUT2D eigenvalue weighted by molar-refractivity contribution is 5.95. The highest BCUT2D eigenvalue weighted by atomic mass is 16.7. The van der Waals surface area contributed by atoms with Gasteiger partial charge in [-0.2, -0.15) is 0 Å². The molecule has 1 aromatic carbocycles. The number of carbonyl (C=O) groups excluding carboxylic acids is 1. The molecule has 0 aliphatic heterocycles. The van der Waals surface area contributed by atoms with Gasteiger partial charge in [0.05, 0.1) is 11.3 Å². The lowest BCUT2D eigenvalue weighted by molar-refractivity contribution is 0.0508. The van der Waals surface area contributed by atoms with Crippen molar-refractivity contribution in [3.8, 4) is 0 Å². The Kier molecular flexibility index (Phi) is 3.19. The maximum atomic E-state index is 12.1. The van der Waals surface area contributed by atoms with E-state index in [4.69, 9.17) is 4.84 Å². The zero-order chi connectivity index (χ0) is 15.3. The average Bonchev–Trinajstić information content (AvgIpc) is 2.78. The highest BCUT2D eigenvalue weighted by Crippen LogP contribution is 2.63. The van der Waals surface area contributed by atoms with Gasteiger partial charge < -0.3 is 4.84 Å². The van der Waals surface area contributed by atoms with Crippen LogP contribution in [0.1, 0.15) is 56.0 Å². The first-order chi connectivity index (χ1) is 9.84. The third-order valence-electron chi connectivity index (χ3n) is 6.04. The van der Waals surface area contributed by atoms with Crippen LogP contribution in [0.5, 0.6) is 0 Å². The van der Waals surface area contributed by atoms with E-state index in [1.54, 1.807) is 12.1 Å². The molecule has 3 rings (SSSR count). The van der Waals surface area contributed by atoms with Crippen LogP contribution in [0, 0.1) is 23.7 Å². The normalized spacial score (nSPS) is 31.6. The maximum absolute atomic E-state index is 12.1. The summed E-state index contributed by atoms with van der Waals surface area (Å²) in [5, 5.41) is 4.24. The molecule has 0 saturated heterocycles. The molecule has 0 amide bonds. The van der Waals surface area contributed by atoms with Crippen molar-refractivity contribution in [2.24, 2.45) is 21.9 Å². The number of rotatable bonds is 2. The summed E-state index contributed by atoms with van der Waals surface area (Å²) in [7, 11) is 0. The quantitative estimate of drug-likeness (QED) is 0.598. The van der Waals surface area contributed by atoms with Crippen molar-refractivity contribution in [1.29, 1.82) is 0 Å². The Morgan fingerprint density at radius 2 is 1.90 bits per heavy atom. The molecular weight excluding hydrogens is 262 g/mol. The van der Waals surface area contributed by atoms with Crippen LogP contribution in [-0.2, 0) is 4.84 Å². The SMILES string of the molecule is Cc1ccc(C(=O)ON=C2CC3CCC2(C)C3(C)C)cc1. The second-order valence-corrected chi connectivity index (χ2v) is 7.28. The molecule has 3 nitrogen and oxygen atoms in total. The molecule has 2 aliphatic carbocycles. The summed E-state index contributed by atoms with van der Waals surface area (Å²) in [4.78, 5) is 17.3. The summed E-state index contributed by atoms with van der Waals surface area (Å²) < 4.78 is 0. The molecule has 2 atom stereocenters. The molecule has 21 heavy (non-hydrogen) atoms. The number of fused-ring (bicyclic) bond motifs is 2. The number of carbonyl (C=O) groups is 1. The van der Waals surface area contributed by atoms with Crippen LogP contribution in [0.2, 0.25) is 0 Å². The van der Waals surface area contributed by atoms with Gasteiger partial charge in [-0.05, 0) is 49.7 Å². The Morgan fingerprint density at radius 1 is 1.24 bits per heavy atom. The van der Waals surface area contributed by atoms with E-state index in [2.05, 4.69) is 25.9 Å². The maximum Gasteiger partial charge on any atom is 0.365 e. The molecular formula is C18H23NO2. The van der Waals surface area contributed by atoms with Gasteiger partial charge >= 0.3 is 5.97 Å². The van der Waals surface area contributed by atoms with Crippen molar-refractivity contribution in [2.45, 2.75) is 47.0 Å². The summed E-state index contributed by atoms with van der Waals surface area (Å²) in [5.74, 6) is 0.297. The van der Waals surface area contributed by atoms with E-state index in [0.717, 1.165) is 24.1 Å². The lowest BCUT2D eigenvalue weighted by Gasteiger charge is -2.34. The zero-order valence-corrected chi connectivity index (χ0v) is 13.3. The third-order valence-corrected chi connectivity index (χ3v) is 6.04.